The molecule has 0 aromatic carbocycles. The number of amides is 1. The van der Waals surface area contributed by atoms with Gasteiger partial charge in [0.05, 0.1) is 25.0 Å². The molecule has 1 saturated heterocycles. The maximum absolute atomic E-state index is 12.1. The lowest BCUT2D eigenvalue weighted by Gasteiger charge is -2.28. The highest BCUT2D eigenvalue weighted by atomic mass is 16.6. The van der Waals surface area contributed by atoms with Crippen LogP contribution >= 0.6 is 0 Å². The fourth-order valence-electron chi connectivity index (χ4n) is 2.20. The maximum Gasteiger partial charge on any atom is 0.410 e. The molecule has 2 unspecified atom stereocenters. The molecule has 0 aliphatic carbocycles. The Balaban J connectivity index is 2.03. The molecule has 1 amide bonds. The van der Waals surface area contributed by atoms with Crippen LogP contribution in [0, 0.1) is 0 Å². The van der Waals surface area contributed by atoms with E-state index in [-0.39, 0.29) is 18.2 Å². The summed E-state index contributed by atoms with van der Waals surface area (Å²) in [5.74, 6) is 0. The zero-order valence-electron chi connectivity index (χ0n) is 11.6. The van der Waals surface area contributed by atoms with Gasteiger partial charge < -0.3 is 15.4 Å². The second-order valence-electron chi connectivity index (χ2n) is 5.87. The van der Waals surface area contributed by atoms with Crippen molar-refractivity contribution in [1.29, 1.82) is 0 Å². The van der Waals surface area contributed by atoms with Crippen molar-refractivity contribution in [3.05, 3.63) is 12.4 Å². The Morgan fingerprint density at radius 1 is 1.42 bits per heavy atom. The lowest BCUT2D eigenvalue weighted by Crippen LogP contribution is -2.42. The van der Waals surface area contributed by atoms with Crippen LogP contribution in [-0.2, 0) is 11.3 Å². The number of carbonyl (C=O) groups is 1. The average Bonchev–Trinajstić information content (AvgIpc) is 2.86. The molecule has 0 saturated carbocycles. The molecule has 2 N–H and O–H groups in total. The third-order valence-corrected chi connectivity index (χ3v) is 2.92. The van der Waals surface area contributed by atoms with Gasteiger partial charge in [0.15, 0.2) is 0 Å². The highest BCUT2D eigenvalue weighted by Gasteiger charge is 2.36. The summed E-state index contributed by atoms with van der Waals surface area (Å²) >= 11 is 0. The zero-order valence-corrected chi connectivity index (χ0v) is 11.6. The summed E-state index contributed by atoms with van der Waals surface area (Å²) in [5, 5.41) is 8.12. The van der Waals surface area contributed by atoms with E-state index in [1.165, 1.54) is 0 Å². The number of rotatable bonds is 2. The Labute approximate surface area is 112 Å². The van der Waals surface area contributed by atoms with Crippen molar-refractivity contribution in [2.75, 3.05) is 6.54 Å². The Morgan fingerprint density at radius 3 is 2.63 bits per heavy atom. The molecule has 1 fully saturated rings. The summed E-state index contributed by atoms with van der Waals surface area (Å²) in [4.78, 5) is 15.4. The SMILES string of the molecule is CC(C)(C)OC(=O)N1CC(N)CC1Cn1nccn1. The minimum atomic E-state index is -0.502. The fourth-order valence-corrected chi connectivity index (χ4v) is 2.20. The van der Waals surface area contributed by atoms with Crippen molar-refractivity contribution in [2.24, 2.45) is 5.73 Å². The monoisotopic (exact) mass is 267 g/mol. The van der Waals surface area contributed by atoms with Crippen molar-refractivity contribution in [1.82, 2.24) is 19.9 Å². The Hall–Kier alpha value is -1.63. The summed E-state index contributed by atoms with van der Waals surface area (Å²) < 4.78 is 5.40. The largest absolute Gasteiger partial charge is 0.444 e. The first kappa shape index (κ1) is 13.8. The molecule has 2 atom stereocenters. The molecule has 7 nitrogen and oxygen atoms in total. The number of hydrogen-bond donors (Lipinski definition) is 1. The van der Waals surface area contributed by atoms with Crippen molar-refractivity contribution >= 4 is 6.09 Å². The number of likely N-dealkylation sites (tertiary alicyclic amines) is 1. The molecule has 0 bridgehead atoms. The van der Waals surface area contributed by atoms with Crippen molar-refractivity contribution in [2.45, 2.75) is 51.4 Å². The van der Waals surface area contributed by atoms with Crippen LogP contribution in [0.15, 0.2) is 12.4 Å². The standard InChI is InChI=1S/C12H21N5O2/c1-12(2,3)19-11(18)16-7-9(13)6-10(16)8-17-14-4-5-15-17/h4-5,9-10H,6-8,13H2,1-3H3. The van der Waals surface area contributed by atoms with Crippen LogP contribution in [0.25, 0.3) is 0 Å². The van der Waals surface area contributed by atoms with Crippen molar-refractivity contribution in [3.8, 4) is 0 Å². The highest BCUT2D eigenvalue weighted by Crippen LogP contribution is 2.21. The maximum atomic E-state index is 12.1. The molecule has 1 aliphatic heterocycles. The number of hydrogen-bond acceptors (Lipinski definition) is 5. The second kappa shape index (κ2) is 5.16. The molecule has 2 heterocycles. The lowest BCUT2D eigenvalue weighted by atomic mass is 10.2. The van der Waals surface area contributed by atoms with Crippen LogP contribution < -0.4 is 5.73 Å². The summed E-state index contributed by atoms with van der Waals surface area (Å²) in [6.45, 7) is 6.61. The first-order valence-corrected chi connectivity index (χ1v) is 6.44. The summed E-state index contributed by atoms with van der Waals surface area (Å²) in [6, 6.07) is -0.0367. The van der Waals surface area contributed by atoms with Gasteiger partial charge in [0, 0.05) is 12.6 Å². The van der Waals surface area contributed by atoms with Crippen LogP contribution in [-0.4, -0.2) is 50.2 Å². The Bertz CT molecular complexity index is 426. The number of nitrogens with two attached hydrogens (primary N) is 1. The molecule has 0 radical (unpaired) electrons. The van der Waals surface area contributed by atoms with Gasteiger partial charge in [-0.3, -0.25) is 0 Å². The Kier molecular flexibility index (Phi) is 3.75. The molecular formula is C12H21N5O2. The van der Waals surface area contributed by atoms with E-state index in [0.717, 1.165) is 6.42 Å². The Morgan fingerprint density at radius 2 is 2.05 bits per heavy atom. The number of carbonyl (C=O) groups excluding carboxylic acids is 1. The third kappa shape index (κ3) is 3.66. The molecular weight excluding hydrogens is 246 g/mol. The van der Waals surface area contributed by atoms with Gasteiger partial charge >= 0.3 is 6.09 Å². The van der Waals surface area contributed by atoms with Gasteiger partial charge in [-0.05, 0) is 27.2 Å². The smallest absolute Gasteiger partial charge is 0.410 e. The average molecular weight is 267 g/mol. The minimum Gasteiger partial charge on any atom is -0.444 e. The fraction of sp³-hybridized carbons (Fsp3) is 0.750. The first-order valence-electron chi connectivity index (χ1n) is 6.44. The second-order valence-corrected chi connectivity index (χ2v) is 5.87. The minimum absolute atomic E-state index is 0.0164. The quantitative estimate of drug-likeness (QED) is 0.848. The van der Waals surface area contributed by atoms with E-state index in [2.05, 4.69) is 10.2 Å². The normalized spacial score (nSPS) is 23.7. The van der Waals surface area contributed by atoms with Gasteiger partial charge in [0.25, 0.3) is 0 Å². The van der Waals surface area contributed by atoms with Crippen LogP contribution in [0.1, 0.15) is 27.2 Å². The van der Waals surface area contributed by atoms with E-state index in [1.807, 2.05) is 20.8 Å². The molecule has 19 heavy (non-hydrogen) atoms. The van der Waals surface area contributed by atoms with E-state index in [1.54, 1.807) is 22.1 Å². The number of nitrogens with zero attached hydrogens (tertiary/aromatic N) is 4. The molecule has 0 spiro atoms. The van der Waals surface area contributed by atoms with E-state index in [0.29, 0.717) is 13.1 Å². The summed E-state index contributed by atoms with van der Waals surface area (Å²) in [5.41, 5.74) is 5.44. The van der Waals surface area contributed by atoms with E-state index in [9.17, 15) is 4.79 Å². The van der Waals surface area contributed by atoms with Crippen molar-refractivity contribution < 1.29 is 9.53 Å². The molecule has 1 aromatic heterocycles. The van der Waals surface area contributed by atoms with Crippen LogP contribution in [0.5, 0.6) is 0 Å². The van der Waals surface area contributed by atoms with Crippen LogP contribution in [0.2, 0.25) is 0 Å². The van der Waals surface area contributed by atoms with Gasteiger partial charge in [-0.2, -0.15) is 15.0 Å². The first-order chi connectivity index (χ1) is 8.85. The zero-order chi connectivity index (χ0) is 14.0. The van der Waals surface area contributed by atoms with Gasteiger partial charge in [-0.1, -0.05) is 0 Å². The predicted molar refractivity (Wildman–Crippen MR) is 69.3 cm³/mol. The summed E-state index contributed by atoms with van der Waals surface area (Å²) in [6.07, 6.45) is 3.65. The van der Waals surface area contributed by atoms with Gasteiger partial charge in [-0.25, -0.2) is 4.79 Å². The molecule has 1 aromatic rings. The van der Waals surface area contributed by atoms with E-state index in [4.69, 9.17) is 10.5 Å². The number of aromatic nitrogens is 3. The predicted octanol–water partition coefficient (Wildman–Crippen LogP) is 0.615. The van der Waals surface area contributed by atoms with Gasteiger partial charge in [0.1, 0.15) is 5.60 Å². The van der Waals surface area contributed by atoms with Crippen LogP contribution in [0.3, 0.4) is 0 Å². The topological polar surface area (TPSA) is 86.3 Å². The van der Waals surface area contributed by atoms with E-state index >= 15 is 0 Å². The summed E-state index contributed by atoms with van der Waals surface area (Å²) in [7, 11) is 0. The molecule has 106 valence electrons. The third-order valence-electron chi connectivity index (χ3n) is 2.92. The van der Waals surface area contributed by atoms with Gasteiger partial charge in [0.2, 0.25) is 0 Å². The molecule has 2 rings (SSSR count). The molecule has 7 heteroatoms. The van der Waals surface area contributed by atoms with Gasteiger partial charge in [-0.15, -0.1) is 0 Å². The lowest BCUT2D eigenvalue weighted by molar-refractivity contribution is 0.0207. The number of ether oxygens (including phenoxy) is 1. The van der Waals surface area contributed by atoms with E-state index < -0.39 is 5.60 Å². The van der Waals surface area contributed by atoms with Crippen LogP contribution in [0.4, 0.5) is 4.79 Å². The highest BCUT2D eigenvalue weighted by molar-refractivity contribution is 5.69. The molecule has 1 aliphatic rings. The van der Waals surface area contributed by atoms with Crippen molar-refractivity contribution in [3.63, 3.8) is 0 Å².